The Morgan fingerprint density at radius 1 is 1.18 bits per heavy atom. The van der Waals surface area contributed by atoms with Gasteiger partial charge in [-0.3, -0.25) is 0 Å². The fourth-order valence-corrected chi connectivity index (χ4v) is 1.88. The number of anilines is 1. The highest BCUT2D eigenvalue weighted by molar-refractivity contribution is 9.10. The van der Waals surface area contributed by atoms with E-state index in [2.05, 4.69) is 21.2 Å². The Morgan fingerprint density at radius 2 is 2.00 bits per heavy atom. The smallest absolute Gasteiger partial charge is 0.125 e. The SMILES string of the molecule is Oc1cccc(CNc2cc(F)ccc2Br)c1. The lowest BCUT2D eigenvalue weighted by Crippen LogP contribution is -2.00. The van der Waals surface area contributed by atoms with E-state index in [-0.39, 0.29) is 11.6 Å². The summed E-state index contributed by atoms with van der Waals surface area (Å²) in [5.41, 5.74) is 1.62. The molecule has 0 bridgehead atoms. The number of aromatic hydroxyl groups is 1. The zero-order chi connectivity index (χ0) is 12.3. The van der Waals surface area contributed by atoms with Crippen LogP contribution < -0.4 is 5.32 Å². The average molecular weight is 296 g/mol. The van der Waals surface area contributed by atoms with Crippen LogP contribution in [-0.4, -0.2) is 5.11 Å². The summed E-state index contributed by atoms with van der Waals surface area (Å²) in [4.78, 5) is 0. The molecular weight excluding hydrogens is 285 g/mol. The highest BCUT2D eigenvalue weighted by atomic mass is 79.9. The van der Waals surface area contributed by atoms with Gasteiger partial charge in [-0.15, -0.1) is 0 Å². The minimum absolute atomic E-state index is 0.225. The lowest BCUT2D eigenvalue weighted by Gasteiger charge is -2.09. The number of benzene rings is 2. The van der Waals surface area contributed by atoms with E-state index in [1.807, 2.05) is 6.07 Å². The second kappa shape index (κ2) is 5.19. The molecule has 0 aliphatic heterocycles. The van der Waals surface area contributed by atoms with E-state index in [1.165, 1.54) is 12.1 Å². The van der Waals surface area contributed by atoms with Gasteiger partial charge in [-0.05, 0) is 51.8 Å². The molecule has 2 aromatic carbocycles. The maximum absolute atomic E-state index is 13.0. The molecule has 0 fully saturated rings. The van der Waals surface area contributed by atoms with Crippen LogP contribution in [0, 0.1) is 5.82 Å². The van der Waals surface area contributed by atoms with Crippen LogP contribution >= 0.6 is 15.9 Å². The molecule has 2 N–H and O–H groups in total. The van der Waals surface area contributed by atoms with Crippen LogP contribution in [-0.2, 0) is 6.54 Å². The molecule has 0 amide bonds. The molecule has 0 heterocycles. The van der Waals surface area contributed by atoms with Gasteiger partial charge in [-0.1, -0.05) is 12.1 Å². The second-order valence-electron chi connectivity index (χ2n) is 3.65. The van der Waals surface area contributed by atoms with E-state index < -0.39 is 0 Å². The van der Waals surface area contributed by atoms with Crippen molar-refractivity contribution < 1.29 is 9.50 Å². The summed E-state index contributed by atoms with van der Waals surface area (Å²) >= 11 is 3.34. The van der Waals surface area contributed by atoms with E-state index in [1.54, 1.807) is 24.3 Å². The van der Waals surface area contributed by atoms with Gasteiger partial charge in [-0.25, -0.2) is 4.39 Å². The zero-order valence-corrected chi connectivity index (χ0v) is 10.5. The Hall–Kier alpha value is -1.55. The Bertz CT molecular complexity index is 531. The number of phenolic OH excluding ortho intramolecular Hbond substituents is 1. The van der Waals surface area contributed by atoms with Crippen LogP contribution in [0.2, 0.25) is 0 Å². The van der Waals surface area contributed by atoms with Crippen molar-refractivity contribution in [3.05, 3.63) is 58.3 Å². The van der Waals surface area contributed by atoms with Crippen LogP contribution in [0.25, 0.3) is 0 Å². The topological polar surface area (TPSA) is 32.3 Å². The van der Waals surface area contributed by atoms with Crippen molar-refractivity contribution in [2.24, 2.45) is 0 Å². The number of hydrogen-bond acceptors (Lipinski definition) is 2. The molecule has 0 radical (unpaired) electrons. The number of halogens is 2. The summed E-state index contributed by atoms with van der Waals surface area (Å²) in [6, 6.07) is 11.4. The van der Waals surface area contributed by atoms with Crippen molar-refractivity contribution in [1.29, 1.82) is 0 Å². The quantitative estimate of drug-likeness (QED) is 0.900. The van der Waals surface area contributed by atoms with Gasteiger partial charge in [-0.2, -0.15) is 0 Å². The van der Waals surface area contributed by atoms with Crippen molar-refractivity contribution in [2.45, 2.75) is 6.54 Å². The molecule has 0 saturated heterocycles. The molecule has 0 aliphatic carbocycles. The maximum Gasteiger partial charge on any atom is 0.125 e. The molecule has 0 aliphatic rings. The molecule has 0 atom stereocenters. The average Bonchev–Trinajstić information content (AvgIpc) is 2.30. The number of nitrogens with one attached hydrogen (secondary N) is 1. The van der Waals surface area contributed by atoms with E-state index in [0.717, 1.165) is 10.0 Å². The lowest BCUT2D eigenvalue weighted by molar-refractivity contribution is 0.474. The first-order chi connectivity index (χ1) is 8.15. The first kappa shape index (κ1) is 11.9. The molecule has 0 aromatic heterocycles. The summed E-state index contributed by atoms with van der Waals surface area (Å²) in [5.74, 6) is -0.0609. The highest BCUT2D eigenvalue weighted by Gasteiger charge is 2.01. The molecule has 2 aromatic rings. The number of rotatable bonds is 3. The molecule has 88 valence electrons. The van der Waals surface area contributed by atoms with Crippen LogP contribution in [0.1, 0.15) is 5.56 Å². The zero-order valence-electron chi connectivity index (χ0n) is 8.95. The van der Waals surface area contributed by atoms with Gasteiger partial charge >= 0.3 is 0 Å². The molecule has 17 heavy (non-hydrogen) atoms. The Kier molecular flexibility index (Phi) is 3.64. The third-order valence-corrected chi connectivity index (χ3v) is 3.01. The first-order valence-corrected chi connectivity index (χ1v) is 5.91. The van der Waals surface area contributed by atoms with Gasteiger partial charge in [0.25, 0.3) is 0 Å². The minimum atomic E-state index is -0.286. The van der Waals surface area contributed by atoms with Crippen molar-refractivity contribution in [2.75, 3.05) is 5.32 Å². The third-order valence-electron chi connectivity index (χ3n) is 2.32. The summed E-state index contributed by atoms with van der Waals surface area (Å²) in [5, 5.41) is 12.4. The van der Waals surface area contributed by atoms with Gasteiger partial charge < -0.3 is 10.4 Å². The molecule has 2 nitrogen and oxygen atoms in total. The van der Waals surface area contributed by atoms with Gasteiger partial charge in [0.15, 0.2) is 0 Å². The summed E-state index contributed by atoms with van der Waals surface area (Å²) in [6.07, 6.45) is 0. The van der Waals surface area contributed by atoms with E-state index >= 15 is 0 Å². The minimum Gasteiger partial charge on any atom is -0.508 e. The van der Waals surface area contributed by atoms with Gasteiger partial charge in [0, 0.05) is 11.0 Å². The monoisotopic (exact) mass is 295 g/mol. The number of hydrogen-bond donors (Lipinski definition) is 2. The molecule has 0 unspecified atom stereocenters. The highest BCUT2D eigenvalue weighted by Crippen LogP contribution is 2.23. The van der Waals surface area contributed by atoms with Crippen LogP contribution in [0.3, 0.4) is 0 Å². The summed E-state index contributed by atoms with van der Waals surface area (Å²) in [6.45, 7) is 0.524. The van der Waals surface area contributed by atoms with Gasteiger partial charge in [0.2, 0.25) is 0 Å². The van der Waals surface area contributed by atoms with Crippen molar-refractivity contribution >= 4 is 21.6 Å². The lowest BCUT2D eigenvalue weighted by atomic mass is 10.2. The third kappa shape index (κ3) is 3.20. The summed E-state index contributed by atoms with van der Waals surface area (Å²) in [7, 11) is 0. The first-order valence-electron chi connectivity index (χ1n) is 5.12. The normalized spacial score (nSPS) is 10.2. The molecule has 0 saturated carbocycles. The predicted octanol–water partition coefficient (Wildman–Crippen LogP) is 3.91. The van der Waals surface area contributed by atoms with Crippen molar-refractivity contribution in [3.8, 4) is 5.75 Å². The van der Waals surface area contributed by atoms with Gasteiger partial charge in [0.1, 0.15) is 11.6 Å². The van der Waals surface area contributed by atoms with Crippen LogP contribution in [0.5, 0.6) is 5.75 Å². The van der Waals surface area contributed by atoms with Crippen molar-refractivity contribution in [1.82, 2.24) is 0 Å². The van der Waals surface area contributed by atoms with Gasteiger partial charge in [0.05, 0.1) is 5.69 Å². The number of phenols is 1. The maximum atomic E-state index is 13.0. The molecule has 0 spiro atoms. The molecular formula is C13H11BrFNO. The van der Waals surface area contributed by atoms with E-state index in [0.29, 0.717) is 12.2 Å². The second-order valence-corrected chi connectivity index (χ2v) is 4.50. The Balaban J connectivity index is 2.09. The van der Waals surface area contributed by atoms with Crippen molar-refractivity contribution in [3.63, 3.8) is 0 Å². The van der Waals surface area contributed by atoms with E-state index in [4.69, 9.17) is 0 Å². The fraction of sp³-hybridized carbons (Fsp3) is 0.0769. The summed E-state index contributed by atoms with van der Waals surface area (Å²) < 4.78 is 13.8. The van der Waals surface area contributed by atoms with E-state index in [9.17, 15) is 9.50 Å². The molecule has 2 rings (SSSR count). The predicted molar refractivity (Wildman–Crippen MR) is 69.5 cm³/mol. The van der Waals surface area contributed by atoms with Crippen LogP contribution in [0.15, 0.2) is 46.9 Å². The standard InChI is InChI=1S/C13H11BrFNO/c14-12-5-4-10(15)7-13(12)16-8-9-2-1-3-11(17)6-9/h1-7,16-17H,8H2. The Morgan fingerprint density at radius 3 is 2.76 bits per heavy atom. The fourth-order valence-electron chi connectivity index (χ4n) is 1.50. The van der Waals surface area contributed by atoms with Crippen LogP contribution in [0.4, 0.5) is 10.1 Å². The molecule has 4 heteroatoms. The Labute approximate surface area is 107 Å². The largest absolute Gasteiger partial charge is 0.508 e.